The van der Waals surface area contributed by atoms with E-state index in [9.17, 15) is 10.2 Å². The second kappa shape index (κ2) is 10.0. The molecule has 0 saturated carbocycles. The predicted octanol–water partition coefficient (Wildman–Crippen LogP) is 5.88. The number of ether oxygens (including phenoxy) is 2. The van der Waals surface area contributed by atoms with Gasteiger partial charge in [0.1, 0.15) is 29.6 Å². The maximum atomic E-state index is 10.2. The molecule has 2 N–H and O–H groups in total. The van der Waals surface area contributed by atoms with Crippen LogP contribution in [0.5, 0.6) is 23.0 Å². The van der Waals surface area contributed by atoms with E-state index in [4.69, 9.17) is 15.9 Å². The molecule has 5 nitrogen and oxygen atoms in total. The largest absolute Gasteiger partial charge is 0.508 e. The number of nitrogens with zero attached hydrogens (tertiary/aromatic N) is 1. The number of aromatic hydroxyl groups is 2. The Labute approximate surface area is 212 Å². The van der Waals surface area contributed by atoms with Crippen LogP contribution < -0.4 is 9.47 Å². The third-order valence-corrected chi connectivity index (χ3v) is 7.06. The van der Waals surface area contributed by atoms with Crippen molar-refractivity contribution >= 4 is 11.1 Å². The fourth-order valence-electron chi connectivity index (χ4n) is 5.07. The molecule has 3 aromatic rings. The molecule has 2 aliphatic rings. The van der Waals surface area contributed by atoms with Crippen LogP contribution >= 0.6 is 0 Å². The van der Waals surface area contributed by atoms with Gasteiger partial charge in [-0.2, -0.15) is 0 Å². The van der Waals surface area contributed by atoms with Crippen LogP contribution in [0, 0.1) is 18.3 Å². The summed E-state index contributed by atoms with van der Waals surface area (Å²) in [6, 6.07) is 20.2. The summed E-state index contributed by atoms with van der Waals surface area (Å²) in [7, 11) is 0. The molecule has 1 fully saturated rings. The summed E-state index contributed by atoms with van der Waals surface area (Å²) >= 11 is 0. The van der Waals surface area contributed by atoms with E-state index in [2.05, 4.69) is 24.7 Å². The number of phenolic OH excluding ortho intramolecular Hbond substituents is 2. The molecule has 0 amide bonds. The van der Waals surface area contributed by atoms with E-state index in [1.807, 2.05) is 30.3 Å². The van der Waals surface area contributed by atoms with Crippen LogP contribution in [0.4, 0.5) is 0 Å². The average Bonchev–Trinajstić information content (AvgIpc) is 3.33. The van der Waals surface area contributed by atoms with E-state index < -0.39 is 6.10 Å². The first-order chi connectivity index (χ1) is 17.4. The van der Waals surface area contributed by atoms with E-state index in [0.717, 1.165) is 41.5 Å². The molecule has 3 aromatic carbocycles. The number of terminal acetylenes is 1. The molecule has 1 saturated heterocycles. The van der Waals surface area contributed by atoms with Crippen LogP contribution in [-0.4, -0.2) is 40.9 Å². The van der Waals surface area contributed by atoms with Crippen LogP contribution in [0.2, 0.25) is 0 Å². The highest BCUT2D eigenvalue weighted by atomic mass is 16.5. The van der Waals surface area contributed by atoms with Crippen molar-refractivity contribution in [1.82, 2.24) is 4.90 Å². The summed E-state index contributed by atoms with van der Waals surface area (Å²) in [4.78, 5) is 2.48. The summed E-state index contributed by atoms with van der Waals surface area (Å²) in [5.41, 5.74) is 3.70. The number of likely N-dealkylation sites (tertiary alicyclic amines) is 1. The van der Waals surface area contributed by atoms with Gasteiger partial charge in [0.2, 0.25) is 0 Å². The predicted molar refractivity (Wildman–Crippen MR) is 142 cm³/mol. The molecule has 36 heavy (non-hydrogen) atoms. The molecule has 0 aromatic heterocycles. The molecule has 5 rings (SSSR count). The second-order valence-electron chi connectivity index (χ2n) is 9.78. The highest BCUT2D eigenvalue weighted by Gasteiger charge is 2.31. The van der Waals surface area contributed by atoms with Crippen LogP contribution in [0.3, 0.4) is 0 Å². The Kier molecular flexibility index (Phi) is 6.63. The zero-order valence-corrected chi connectivity index (χ0v) is 20.6. The van der Waals surface area contributed by atoms with E-state index in [-0.39, 0.29) is 11.5 Å². The topological polar surface area (TPSA) is 62.2 Å². The number of benzene rings is 3. The molecule has 0 aliphatic carbocycles. The molecular formula is C31H31NO4. The van der Waals surface area contributed by atoms with E-state index in [1.165, 1.54) is 6.42 Å². The lowest BCUT2D eigenvalue weighted by atomic mass is 9.85. The Bertz CT molecular complexity index is 1320. The maximum Gasteiger partial charge on any atom is 0.151 e. The van der Waals surface area contributed by atoms with Crippen molar-refractivity contribution in [1.29, 1.82) is 0 Å². The summed E-state index contributed by atoms with van der Waals surface area (Å²) in [6.45, 7) is 7.41. The highest BCUT2D eigenvalue weighted by Crippen LogP contribution is 2.47. The fraction of sp³-hybridized carbons (Fsp3) is 0.290. The first-order valence-corrected chi connectivity index (χ1v) is 12.4. The minimum Gasteiger partial charge on any atom is -0.508 e. The molecule has 0 bridgehead atoms. The lowest BCUT2D eigenvalue weighted by Gasteiger charge is -2.30. The van der Waals surface area contributed by atoms with Crippen molar-refractivity contribution in [3.63, 3.8) is 0 Å². The molecular weight excluding hydrogens is 450 g/mol. The Balaban J connectivity index is 1.44. The molecule has 0 radical (unpaired) electrons. The zero-order valence-electron chi connectivity index (χ0n) is 20.6. The van der Waals surface area contributed by atoms with Gasteiger partial charge in [0.15, 0.2) is 6.10 Å². The molecule has 0 spiro atoms. The minimum atomic E-state index is -0.492. The molecule has 2 aliphatic heterocycles. The van der Waals surface area contributed by atoms with Crippen molar-refractivity contribution in [2.75, 3.05) is 19.7 Å². The SMILES string of the molecule is C#CC1=C(c2cccc(O)c2)C(c2ccc(OC[C@H](C)N3CC[C@@H](C)C3)cc2)Oc2ccc(O)cc21. The quantitative estimate of drug-likeness (QED) is 0.430. The second-order valence-corrected chi connectivity index (χ2v) is 9.78. The molecule has 5 heteroatoms. The molecule has 3 atom stereocenters. The van der Waals surface area contributed by atoms with Gasteiger partial charge in [-0.15, -0.1) is 6.42 Å². The van der Waals surface area contributed by atoms with E-state index in [1.54, 1.807) is 36.4 Å². The number of rotatable bonds is 6. The van der Waals surface area contributed by atoms with Gasteiger partial charge >= 0.3 is 0 Å². The fourth-order valence-corrected chi connectivity index (χ4v) is 5.07. The zero-order chi connectivity index (χ0) is 25.2. The van der Waals surface area contributed by atoms with Gasteiger partial charge in [0.25, 0.3) is 0 Å². The van der Waals surface area contributed by atoms with Gasteiger partial charge in [0, 0.05) is 29.3 Å². The third kappa shape index (κ3) is 4.78. The third-order valence-electron chi connectivity index (χ3n) is 7.06. The van der Waals surface area contributed by atoms with Gasteiger partial charge in [0.05, 0.1) is 0 Å². The smallest absolute Gasteiger partial charge is 0.151 e. The normalized spacial score (nSPS) is 20.4. The Morgan fingerprint density at radius 1 is 1.08 bits per heavy atom. The molecule has 184 valence electrons. The standard InChI is InChI=1S/C31H31NO4/c1-4-27-28-17-25(34)10-13-29(28)36-31(30(27)23-6-5-7-24(33)16-23)22-8-11-26(12-9-22)35-19-21(3)32-15-14-20(2)18-32/h1,5-13,16-17,20-21,31,33-34H,14-15,18-19H2,2-3H3/t20-,21+,31?/m1/s1. The van der Waals surface area contributed by atoms with Gasteiger partial charge in [-0.3, -0.25) is 4.90 Å². The minimum absolute atomic E-state index is 0.109. The molecule has 2 heterocycles. The van der Waals surface area contributed by atoms with Gasteiger partial charge in [-0.05, 0) is 79.4 Å². The van der Waals surface area contributed by atoms with Crippen molar-refractivity contribution in [2.24, 2.45) is 5.92 Å². The van der Waals surface area contributed by atoms with Gasteiger partial charge in [-0.25, -0.2) is 0 Å². The summed E-state index contributed by atoms with van der Waals surface area (Å²) < 4.78 is 12.5. The average molecular weight is 482 g/mol. The van der Waals surface area contributed by atoms with Crippen molar-refractivity contribution < 1.29 is 19.7 Å². The van der Waals surface area contributed by atoms with Crippen molar-refractivity contribution in [3.05, 3.63) is 83.4 Å². The van der Waals surface area contributed by atoms with Gasteiger partial charge in [-0.1, -0.05) is 37.1 Å². The van der Waals surface area contributed by atoms with Crippen LogP contribution in [0.25, 0.3) is 11.1 Å². The summed E-state index contributed by atoms with van der Waals surface area (Å²) in [6.07, 6.45) is 6.75. The first-order valence-electron chi connectivity index (χ1n) is 12.4. The van der Waals surface area contributed by atoms with Gasteiger partial charge < -0.3 is 19.7 Å². The van der Waals surface area contributed by atoms with E-state index in [0.29, 0.717) is 29.5 Å². The number of allylic oxidation sites excluding steroid dienone is 1. The monoisotopic (exact) mass is 481 g/mol. The number of hydrogen-bond donors (Lipinski definition) is 2. The number of hydrogen-bond acceptors (Lipinski definition) is 5. The molecule has 1 unspecified atom stereocenters. The lowest BCUT2D eigenvalue weighted by molar-refractivity contribution is 0.169. The summed E-state index contributed by atoms with van der Waals surface area (Å²) in [5, 5.41) is 20.2. The Morgan fingerprint density at radius 3 is 2.56 bits per heavy atom. The lowest BCUT2D eigenvalue weighted by Crippen LogP contribution is -2.35. The van der Waals surface area contributed by atoms with Crippen molar-refractivity contribution in [2.45, 2.75) is 32.4 Å². The van der Waals surface area contributed by atoms with Crippen LogP contribution in [0.15, 0.2) is 66.7 Å². The van der Waals surface area contributed by atoms with Crippen LogP contribution in [-0.2, 0) is 0 Å². The number of phenols is 2. The Morgan fingerprint density at radius 2 is 1.86 bits per heavy atom. The first kappa shape index (κ1) is 23.8. The van der Waals surface area contributed by atoms with E-state index >= 15 is 0 Å². The van der Waals surface area contributed by atoms with Crippen LogP contribution in [0.1, 0.15) is 43.1 Å². The maximum absolute atomic E-state index is 10.2. The van der Waals surface area contributed by atoms with Crippen molar-refractivity contribution in [3.8, 4) is 35.3 Å². The summed E-state index contributed by atoms with van der Waals surface area (Å²) in [5.74, 6) is 5.21. The Hall–Kier alpha value is -3.88. The number of fused-ring (bicyclic) bond motifs is 1. The highest BCUT2D eigenvalue weighted by molar-refractivity contribution is 6.02.